The summed E-state index contributed by atoms with van der Waals surface area (Å²) in [6, 6.07) is 17.8. The topological polar surface area (TPSA) is 115 Å². The van der Waals surface area contributed by atoms with Crippen molar-refractivity contribution in [3.05, 3.63) is 108 Å². The summed E-state index contributed by atoms with van der Waals surface area (Å²) in [4.78, 5) is 68.5. The van der Waals surface area contributed by atoms with Gasteiger partial charge in [0.1, 0.15) is 12.1 Å². The Morgan fingerprint density at radius 3 is 2.35 bits per heavy atom. The highest BCUT2D eigenvalue weighted by atomic mass is 16.2. The third kappa shape index (κ3) is 8.30. The zero-order valence-corrected chi connectivity index (χ0v) is 28.0. The lowest BCUT2D eigenvalue weighted by Gasteiger charge is -2.40. The van der Waals surface area contributed by atoms with Crippen LogP contribution in [0.5, 0.6) is 0 Å². The molecule has 2 atom stereocenters. The van der Waals surface area contributed by atoms with Crippen LogP contribution in [0, 0.1) is 12.3 Å². The average molecular weight is 659 g/mol. The van der Waals surface area contributed by atoms with Gasteiger partial charge in [-0.2, -0.15) is 0 Å². The van der Waals surface area contributed by atoms with Crippen molar-refractivity contribution in [2.75, 3.05) is 24.5 Å². The Balaban J connectivity index is 1.47. The summed E-state index contributed by atoms with van der Waals surface area (Å²) in [6.45, 7) is 5.12. The molecule has 2 aliphatic heterocycles. The van der Waals surface area contributed by atoms with Gasteiger partial charge in [-0.15, -0.1) is 6.42 Å². The number of aliphatic imine (C=N–C) groups is 1. The van der Waals surface area contributed by atoms with Crippen LogP contribution in [0.2, 0.25) is 0 Å². The number of aromatic nitrogens is 1. The maximum Gasteiger partial charge on any atom is 0.298 e. The minimum absolute atomic E-state index is 0.0385. The molecule has 2 aliphatic rings. The van der Waals surface area contributed by atoms with Crippen LogP contribution in [0.4, 0.5) is 5.69 Å². The molecule has 4 amide bonds. The third-order valence-electron chi connectivity index (χ3n) is 9.05. The predicted octanol–water partition coefficient (Wildman–Crippen LogP) is 4.93. The summed E-state index contributed by atoms with van der Waals surface area (Å²) < 4.78 is 0. The van der Waals surface area contributed by atoms with Crippen LogP contribution in [0.3, 0.4) is 0 Å². The summed E-state index contributed by atoms with van der Waals surface area (Å²) >= 11 is 0. The predicted molar refractivity (Wildman–Crippen MR) is 190 cm³/mol. The molecular weight excluding hydrogens is 616 g/mol. The molecule has 49 heavy (non-hydrogen) atoms. The van der Waals surface area contributed by atoms with E-state index in [4.69, 9.17) is 6.42 Å². The minimum Gasteiger partial charge on any atom is -0.351 e. The third-order valence-corrected chi connectivity index (χ3v) is 9.05. The molecule has 10 nitrogen and oxygen atoms in total. The van der Waals surface area contributed by atoms with E-state index in [0.717, 1.165) is 24.1 Å². The SMILES string of the molecule is C#CC(=O)N1CCCCC1C(=O)N(c1ccc(/C(C)=N/C=C\C)cc1)C(C(=O)NC1CCN(C(=O)c2ccccc2)CC1)c1cccnc1. The lowest BCUT2D eigenvalue weighted by Crippen LogP contribution is -2.56. The number of rotatable bonds is 9. The largest absolute Gasteiger partial charge is 0.351 e. The molecule has 0 saturated carbocycles. The second kappa shape index (κ2) is 16.5. The Kier molecular flexibility index (Phi) is 11.7. The summed E-state index contributed by atoms with van der Waals surface area (Å²) in [5.74, 6) is 0.804. The van der Waals surface area contributed by atoms with Crippen molar-refractivity contribution in [3.8, 4) is 12.3 Å². The Bertz CT molecular complexity index is 1720. The van der Waals surface area contributed by atoms with E-state index in [9.17, 15) is 19.2 Å². The van der Waals surface area contributed by atoms with E-state index in [-0.39, 0.29) is 17.9 Å². The molecule has 2 unspecified atom stereocenters. The maximum absolute atomic E-state index is 14.7. The molecule has 0 aliphatic carbocycles. The van der Waals surface area contributed by atoms with E-state index < -0.39 is 23.9 Å². The highest BCUT2D eigenvalue weighted by molar-refractivity contribution is 6.07. The van der Waals surface area contributed by atoms with E-state index in [1.54, 1.807) is 59.9 Å². The van der Waals surface area contributed by atoms with Gasteiger partial charge in [0, 0.05) is 66.8 Å². The monoisotopic (exact) mass is 658 g/mol. The van der Waals surface area contributed by atoms with E-state index in [0.29, 0.717) is 55.7 Å². The molecule has 5 rings (SSSR count). The van der Waals surface area contributed by atoms with Crippen molar-refractivity contribution in [1.82, 2.24) is 20.1 Å². The lowest BCUT2D eigenvalue weighted by atomic mass is 9.96. The zero-order valence-electron chi connectivity index (χ0n) is 28.0. The summed E-state index contributed by atoms with van der Waals surface area (Å²) in [5.41, 5.74) is 3.28. The van der Waals surface area contributed by atoms with Crippen molar-refractivity contribution >= 4 is 35.0 Å². The van der Waals surface area contributed by atoms with Gasteiger partial charge in [-0.1, -0.05) is 42.5 Å². The fraction of sp³-hybridized carbons (Fsp3) is 0.333. The van der Waals surface area contributed by atoms with E-state index in [1.165, 1.54) is 9.80 Å². The van der Waals surface area contributed by atoms with E-state index in [1.807, 2.05) is 50.3 Å². The number of terminal acetylenes is 1. The van der Waals surface area contributed by atoms with Gasteiger partial charge in [0.05, 0.1) is 0 Å². The zero-order chi connectivity index (χ0) is 34.8. The number of hydrogen-bond donors (Lipinski definition) is 1. The first kappa shape index (κ1) is 34.8. The fourth-order valence-corrected chi connectivity index (χ4v) is 6.43. The van der Waals surface area contributed by atoms with Gasteiger partial charge in [0.2, 0.25) is 5.91 Å². The van der Waals surface area contributed by atoms with Crippen molar-refractivity contribution < 1.29 is 19.2 Å². The smallest absolute Gasteiger partial charge is 0.298 e. The average Bonchev–Trinajstić information content (AvgIpc) is 3.16. The first-order valence-electron chi connectivity index (χ1n) is 16.7. The number of hydrogen-bond acceptors (Lipinski definition) is 6. The Morgan fingerprint density at radius 1 is 0.959 bits per heavy atom. The molecule has 3 aromatic rings. The van der Waals surface area contributed by atoms with Crippen LogP contribution < -0.4 is 10.2 Å². The molecule has 0 radical (unpaired) electrons. The Hall–Kier alpha value is -5.56. The molecular formula is C39H42N6O4. The van der Waals surface area contributed by atoms with Gasteiger partial charge >= 0.3 is 0 Å². The maximum atomic E-state index is 14.7. The number of pyridine rings is 1. The number of amides is 4. The number of allylic oxidation sites excluding steroid dienone is 1. The van der Waals surface area contributed by atoms with Crippen molar-refractivity contribution in [2.45, 2.75) is 64.1 Å². The molecule has 2 fully saturated rings. The van der Waals surface area contributed by atoms with Gasteiger partial charge in [-0.3, -0.25) is 34.1 Å². The molecule has 2 saturated heterocycles. The van der Waals surface area contributed by atoms with Crippen LogP contribution >= 0.6 is 0 Å². The van der Waals surface area contributed by atoms with Crippen LogP contribution in [0.1, 0.15) is 73.5 Å². The van der Waals surface area contributed by atoms with Gasteiger partial charge in [0.25, 0.3) is 17.7 Å². The van der Waals surface area contributed by atoms with E-state index >= 15 is 0 Å². The molecule has 252 valence electrons. The molecule has 0 spiro atoms. The first-order valence-corrected chi connectivity index (χ1v) is 16.7. The van der Waals surface area contributed by atoms with E-state index in [2.05, 4.69) is 21.2 Å². The van der Waals surface area contributed by atoms with Gasteiger partial charge in [-0.05, 0) is 87.8 Å². The van der Waals surface area contributed by atoms with Crippen molar-refractivity contribution in [2.24, 2.45) is 4.99 Å². The Morgan fingerprint density at radius 2 is 1.69 bits per heavy atom. The number of nitrogens with zero attached hydrogens (tertiary/aromatic N) is 5. The van der Waals surface area contributed by atoms with Gasteiger partial charge in [0.15, 0.2) is 0 Å². The number of carbonyl (C=O) groups is 4. The number of nitrogens with one attached hydrogen (secondary N) is 1. The molecule has 2 aromatic carbocycles. The highest BCUT2D eigenvalue weighted by Gasteiger charge is 2.41. The van der Waals surface area contributed by atoms with Crippen LogP contribution in [-0.4, -0.2) is 75.8 Å². The Labute approximate surface area is 287 Å². The molecule has 3 heterocycles. The number of benzene rings is 2. The summed E-state index contributed by atoms with van der Waals surface area (Å²) in [6.07, 6.45) is 15.3. The summed E-state index contributed by atoms with van der Waals surface area (Å²) in [7, 11) is 0. The second-order valence-electron chi connectivity index (χ2n) is 12.2. The number of anilines is 1. The second-order valence-corrected chi connectivity index (χ2v) is 12.2. The number of likely N-dealkylation sites (tertiary alicyclic amines) is 2. The highest BCUT2D eigenvalue weighted by Crippen LogP contribution is 2.32. The quantitative estimate of drug-likeness (QED) is 0.259. The molecule has 0 bridgehead atoms. The first-order chi connectivity index (χ1) is 23.8. The van der Waals surface area contributed by atoms with Gasteiger partial charge < -0.3 is 15.1 Å². The number of piperidine rings is 2. The van der Waals surface area contributed by atoms with Crippen LogP contribution in [-0.2, 0) is 14.4 Å². The fourth-order valence-electron chi connectivity index (χ4n) is 6.43. The van der Waals surface area contributed by atoms with Gasteiger partial charge in [-0.25, -0.2) is 0 Å². The van der Waals surface area contributed by atoms with Crippen molar-refractivity contribution in [3.63, 3.8) is 0 Å². The summed E-state index contributed by atoms with van der Waals surface area (Å²) in [5, 5.41) is 3.18. The molecule has 10 heteroatoms. The van der Waals surface area contributed by atoms with Crippen LogP contribution in [0.15, 0.2) is 96.4 Å². The normalized spacial score (nSPS) is 17.7. The molecule has 1 aromatic heterocycles. The lowest BCUT2D eigenvalue weighted by molar-refractivity contribution is -0.138. The molecule has 1 N–H and O–H groups in total. The minimum atomic E-state index is -1.10. The standard InChI is InChI=1S/C39H42N6O4/c1-4-22-41-28(3)29-16-18-33(19-17-29)45(39(49)34-15-9-10-24-44(34)35(46)5-2)36(31-14-11-23-40-27-31)37(47)42-32-20-25-43(26-21-32)38(48)30-12-7-6-8-13-30/h2,4,6-8,11-14,16-19,22-23,27,32,34,36H,9-10,15,20-21,24-26H2,1,3H3,(H,42,47)/b22-4-,41-28+. The number of carbonyl (C=O) groups excluding carboxylic acids is 4. The van der Waals surface area contributed by atoms with Crippen LogP contribution in [0.25, 0.3) is 0 Å². The van der Waals surface area contributed by atoms with Crippen molar-refractivity contribution in [1.29, 1.82) is 0 Å².